The van der Waals surface area contributed by atoms with Gasteiger partial charge in [-0.25, -0.2) is 4.79 Å². The molecule has 0 saturated heterocycles. The lowest BCUT2D eigenvalue weighted by Gasteiger charge is -2.06. The quantitative estimate of drug-likeness (QED) is 0.519. The van der Waals surface area contributed by atoms with Gasteiger partial charge in [-0.1, -0.05) is 0 Å². The molecule has 1 aromatic rings. The Morgan fingerprint density at radius 2 is 1.93 bits per heavy atom. The highest BCUT2D eigenvalue weighted by atomic mass is 16.6. The van der Waals surface area contributed by atoms with Crippen LogP contribution >= 0.6 is 0 Å². The highest BCUT2D eigenvalue weighted by molar-refractivity contribution is 6.33. The van der Waals surface area contributed by atoms with E-state index >= 15 is 0 Å². The Hall–Kier alpha value is -1.73. The number of amides is 2. The Morgan fingerprint density at radius 3 is 2.40 bits per heavy atom. The third kappa shape index (κ3) is 3.88. The standard InChI is InChI=1S/C8H11BN2O4/c1-10-8(12)11-6-2-4-7(5-3-6)15-9(13)14/h2-5,13-14H,1H3,(H2,10,11,12). The molecule has 0 spiro atoms. The van der Waals surface area contributed by atoms with Gasteiger partial charge in [-0.05, 0) is 24.3 Å². The van der Waals surface area contributed by atoms with Gasteiger partial charge in [-0.3, -0.25) is 0 Å². The van der Waals surface area contributed by atoms with Crippen molar-refractivity contribution in [3.63, 3.8) is 0 Å². The second-order valence-corrected chi connectivity index (χ2v) is 2.67. The van der Waals surface area contributed by atoms with Crippen LogP contribution in [0.3, 0.4) is 0 Å². The van der Waals surface area contributed by atoms with Gasteiger partial charge in [-0.15, -0.1) is 0 Å². The molecule has 7 heteroatoms. The zero-order valence-electron chi connectivity index (χ0n) is 8.10. The summed E-state index contributed by atoms with van der Waals surface area (Å²) in [7, 11) is -0.336. The maximum absolute atomic E-state index is 10.9. The summed E-state index contributed by atoms with van der Waals surface area (Å²) >= 11 is 0. The van der Waals surface area contributed by atoms with Crippen LogP contribution in [-0.4, -0.2) is 30.4 Å². The number of nitrogens with one attached hydrogen (secondary N) is 2. The Balaban J connectivity index is 2.60. The molecule has 0 fully saturated rings. The van der Waals surface area contributed by atoms with Crippen LogP contribution in [-0.2, 0) is 0 Å². The van der Waals surface area contributed by atoms with Crippen molar-refractivity contribution in [3.8, 4) is 5.75 Å². The van der Waals surface area contributed by atoms with E-state index in [1.807, 2.05) is 0 Å². The maximum atomic E-state index is 10.9. The van der Waals surface area contributed by atoms with Gasteiger partial charge in [0.05, 0.1) is 0 Å². The van der Waals surface area contributed by atoms with Gasteiger partial charge in [0, 0.05) is 12.7 Å². The van der Waals surface area contributed by atoms with Gasteiger partial charge in [0.2, 0.25) is 0 Å². The third-order valence-electron chi connectivity index (χ3n) is 1.58. The number of carbonyl (C=O) groups excluding carboxylic acids is 1. The summed E-state index contributed by atoms with van der Waals surface area (Å²) in [6.45, 7) is 0. The van der Waals surface area contributed by atoms with Crippen LogP contribution in [0.15, 0.2) is 24.3 Å². The van der Waals surface area contributed by atoms with Gasteiger partial charge in [-0.2, -0.15) is 0 Å². The molecule has 0 radical (unpaired) electrons. The number of urea groups is 1. The van der Waals surface area contributed by atoms with Crippen LogP contribution in [0.5, 0.6) is 5.75 Å². The fourth-order valence-corrected chi connectivity index (χ4v) is 0.932. The second-order valence-electron chi connectivity index (χ2n) is 2.67. The molecule has 4 N–H and O–H groups in total. The molecule has 0 saturated carbocycles. The smallest absolute Gasteiger partial charge is 0.512 e. The highest BCUT2D eigenvalue weighted by Crippen LogP contribution is 2.15. The average Bonchev–Trinajstić information content (AvgIpc) is 2.20. The fraction of sp³-hybridized carbons (Fsp3) is 0.125. The molecular formula is C8H11BN2O4. The summed E-state index contributed by atoms with van der Waals surface area (Å²) in [5, 5.41) is 22.0. The molecule has 0 aromatic heterocycles. The molecule has 2 amide bonds. The SMILES string of the molecule is CNC(=O)Nc1ccc(OB(O)O)cc1. The summed E-state index contributed by atoms with van der Waals surface area (Å²) in [4.78, 5) is 10.9. The van der Waals surface area contributed by atoms with Crippen molar-refractivity contribution in [2.75, 3.05) is 12.4 Å². The Kier molecular flexibility index (Phi) is 3.96. The zero-order valence-corrected chi connectivity index (χ0v) is 8.10. The highest BCUT2D eigenvalue weighted by Gasteiger charge is 2.10. The number of carbonyl (C=O) groups is 1. The molecule has 1 aromatic carbocycles. The molecule has 0 aliphatic carbocycles. The first kappa shape index (κ1) is 11.4. The summed E-state index contributed by atoms with van der Waals surface area (Å²) in [5.74, 6) is 0.299. The molecule has 80 valence electrons. The summed E-state index contributed by atoms with van der Waals surface area (Å²) in [6, 6.07) is 5.83. The van der Waals surface area contributed by atoms with E-state index in [2.05, 4.69) is 15.3 Å². The first-order chi connectivity index (χ1) is 7.11. The number of benzene rings is 1. The van der Waals surface area contributed by atoms with E-state index < -0.39 is 7.32 Å². The van der Waals surface area contributed by atoms with Gasteiger partial charge in [0.15, 0.2) is 0 Å². The molecule has 0 aliphatic rings. The molecular weight excluding hydrogens is 199 g/mol. The predicted octanol–water partition coefficient (Wildman–Crippen LogP) is -0.214. The van der Waals surface area contributed by atoms with Crippen molar-refractivity contribution in [1.82, 2.24) is 5.32 Å². The zero-order chi connectivity index (χ0) is 11.3. The average molecular weight is 210 g/mol. The summed E-state index contributed by atoms with van der Waals surface area (Å²) in [6.07, 6.45) is 0. The number of rotatable bonds is 3. The number of anilines is 1. The van der Waals surface area contributed by atoms with Crippen LogP contribution in [0.1, 0.15) is 0 Å². The van der Waals surface area contributed by atoms with Crippen molar-refractivity contribution in [3.05, 3.63) is 24.3 Å². The lowest BCUT2D eigenvalue weighted by molar-refractivity contribution is 0.254. The van der Waals surface area contributed by atoms with E-state index in [9.17, 15) is 4.79 Å². The van der Waals surface area contributed by atoms with Crippen molar-refractivity contribution in [2.24, 2.45) is 0 Å². The van der Waals surface area contributed by atoms with Gasteiger partial charge < -0.3 is 25.3 Å². The fourth-order valence-electron chi connectivity index (χ4n) is 0.932. The minimum atomic E-state index is -1.84. The van der Waals surface area contributed by atoms with Crippen molar-refractivity contribution in [1.29, 1.82) is 0 Å². The van der Waals surface area contributed by atoms with Crippen molar-refractivity contribution in [2.45, 2.75) is 0 Å². The van der Waals surface area contributed by atoms with Crippen LogP contribution in [0.2, 0.25) is 0 Å². The molecule has 0 heterocycles. The normalized spacial score (nSPS) is 9.27. The van der Waals surface area contributed by atoms with Crippen LogP contribution in [0, 0.1) is 0 Å². The third-order valence-corrected chi connectivity index (χ3v) is 1.58. The van der Waals surface area contributed by atoms with Crippen molar-refractivity contribution >= 4 is 19.0 Å². The first-order valence-electron chi connectivity index (χ1n) is 4.23. The summed E-state index contributed by atoms with van der Waals surface area (Å²) < 4.78 is 4.58. The Morgan fingerprint density at radius 1 is 1.33 bits per heavy atom. The minimum absolute atomic E-state index is 0.299. The van der Waals surface area contributed by atoms with E-state index in [0.29, 0.717) is 11.4 Å². The van der Waals surface area contributed by atoms with Crippen LogP contribution in [0.4, 0.5) is 10.5 Å². The van der Waals surface area contributed by atoms with Gasteiger partial charge >= 0.3 is 13.4 Å². The maximum Gasteiger partial charge on any atom is 0.707 e. The van der Waals surface area contributed by atoms with E-state index in [-0.39, 0.29) is 6.03 Å². The molecule has 1 rings (SSSR count). The van der Waals surface area contributed by atoms with E-state index in [0.717, 1.165) is 0 Å². The Labute approximate surface area is 87.1 Å². The molecule has 6 nitrogen and oxygen atoms in total. The number of hydrogen-bond acceptors (Lipinski definition) is 4. The van der Waals surface area contributed by atoms with Crippen molar-refractivity contribution < 1.29 is 19.5 Å². The number of hydrogen-bond donors (Lipinski definition) is 4. The minimum Gasteiger partial charge on any atom is -0.512 e. The molecule has 0 unspecified atom stereocenters. The molecule has 0 bridgehead atoms. The van der Waals surface area contributed by atoms with Gasteiger partial charge in [0.25, 0.3) is 0 Å². The lowest BCUT2D eigenvalue weighted by Crippen LogP contribution is -2.24. The van der Waals surface area contributed by atoms with Gasteiger partial charge in [0.1, 0.15) is 5.75 Å². The first-order valence-corrected chi connectivity index (χ1v) is 4.23. The largest absolute Gasteiger partial charge is 0.707 e. The van der Waals surface area contributed by atoms with E-state index in [1.54, 1.807) is 12.1 Å². The van der Waals surface area contributed by atoms with E-state index in [4.69, 9.17) is 10.0 Å². The molecule has 0 aliphatic heterocycles. The topological polar surface area (TPSA) is 90.8 Å². The van der Waals surface area contributed by atoms with E-state index in [1.165, 1.54) is 19.2 Å². The molecule has 0 atom stereocenters. The molecule has 15 heavy (non-hydrogen) atoms. The second kappa shape index (κ2) is 5.23. The monoisotopic (exact) mass is 210 g/mol. The van der Waals surface area contributed by atoms with Crippen LogP contribution in [0.25, 0.3) is 0 Å². The Bertz CT molecular complexity index is 328. The van der Waals surface area contributed by atoms with Crippen LogP contribution < -0.4 is 15.3 Å². The predicted molar refractivity (Wildman–Crippen MR) is 55.3 cm³/mol. The summed E-state index contributed by atoms with van der Waals surface area (Å²) in [5.41, 5.74) is 0.578. The lowest BCUT2D eigenvalue weighted by atomic mass is 10.2.